The first-order valence-corrected chi connectivity index (χ1v) is 5.99. The summed E-state index contributed by atoms with van der Waals surface area (Å²) in [5.41, 5.74) is 5.40. The quantitative estimate of drug-likeness (QED) is 0.637. The van der Waals surface area contributed by atoms with Gasteiger partial charge in [-0.15, -0.1) is 12.4 Å². The van der Waals surface area contributed by atoms with E-state index in [0.717, 1.165) is 0 Å². The third-order valence-electron chi connectivity index (χ3n) is 2.31. The molecule has 2 atom stereocenters. The maximum atomic E-state index is 11.4. The van der Waals surface area contributed by atoms with E-state index in [1.165, 1.54) is 4.90 Å². The lowest BCUT2D eigenvalue weighted by Gasteiger charge is -2.17. The van der Waals surface area contributed by atoms with Gasteiger partial charge in [-0.1, -0.05) is 0 Å². The number of hydrogen-bond donors (Lipinski definition) is 2. The Hall–Kier alpha value is -0.370. The molecule has 1 fully saturated rings. The van der Waals surface area contributed by atoms with Gasteiger partial charge in [0.15, 0.2) is 0 Å². The summed E-state index contributed by atoms with van der Waals surface area (Å²) in [4.78, 5) is 12.8. The van der Waals surface area contributed by atoms with Crippen molar-refractivity contribution in [3.63, 3.8) is 0 Å². The molecule has 0 radical (unpaired) electrons. The van der Waals surface area contributed by atoms with E-state index in [4.69, 9.17) is 10.9 Å². The van der Waals surface area contributed by atoms with E-state index in [2.05, 4.69) is 0 Å². The molecule has 15 heavy (non-hydrogen) atoms. The molecule has 1 aliphatic rings. The number of likely N-dealkylation sites (tertiary alicyclic amines) is 1. The molecule has 1 heterocycles. The van der Waals surface area contributed by atoms with Crippen LogP contribution in [-0.4, -0.2) is 43.6 Å². The second-order valence-electron chi connectivity index (χ2n) is 3.57. The van der Waals surface area contributed by atoms with E-state index in [-0.39, 0.29) is 24.9 Å². The van der Waals surface area contributed by atoms with Crippen molar-refractivity contribution in [2.75, 3.05) is 13.1 Å². The predicted molar refractivity (Wildman–Crippen MR) is 59.0 cm³/mol. The molecule has 8 heteroatoms. The van der Waals surface area contributed by atoms with Crippen molar-refractivity contribution in [1.82, 2.24) is 4.90 Å². The van der Waals surface area contributed by atoms with Crippen molar-refractivity contribution in [2.45, 2.75) is 24.6 Å². The average molecular weight is 258 g/mol. The lowest BCUT2D eigenvalue weighted by Crippen LogP contribution is -2.42. The molecule has 1 aliphatic heterocycles. The highest BCUT2D eigenvalue weighted by Crippen LogP contribution is 2.15. The van der Waals surface area contributed by atoms with E-state index < -0.39 is 21.3 Å². The summed E-state index contributed by atoms with van der Waals surface area (Å²) >= 11 is 0. The van der Waals surface area contributed by atoms with Crippen LogP contribution in [0.4, 0.5) is 0 Å². The number of amides is 1. The smallest absolute Gasteiger partial charge is 0.239 e. The number of primary sulfonamides is 1. The summed E-state index contributed by atoms with van der Waals surface area (Å²) in [7, 11) is -3.53. The third kappa shape index (κ3) is 3.60. The highest BCUT2D eigenvalue weighted by Gasteiger charge is 2.33. The Balaban J connectivity index is 0.00000196. The fraction of sp³-hybridized carbons (Fsp3) is 0.857. The Morgan fingerprint density at radius 3 is 2.40 bits per heavy atom. The molecule has 1 rings (SSSR count). The number of hydrogen-bond acceptors (Lipinski definition) is 4. The Morgan fingerprint density at radius 1 is 1.53 bits per heavy atom. The van der Waals surface area contributed by atoms with Crippen LogP contribution in [0, 0.1) is 0 Å². The molecule has 1 amide bonds. The second kappa shape index (κ2) is 5.11. The zero-order valence-corrected chi connectivity index (χ0v) is 10.1. The predicted octanol–water partition coefficient (Wildman–Crippen LogP) is -1.36. The Morgan fingerprint density at radius 2 is 2.07 bits per heavy atom. The normalized spacial score (nSPS) is 23.4. The molecule has 2 unspecified atom stereocenters. The van der Waals surface area contributed by atoms with Crippen LogP contribution in [0.1, 0.15) is 13.3 Å². The summed E-state index contributed by atoms with van der Waals surface area (Å²) in [5.74, 6) is -0.226. The number of sulfonamides is 1. The number of rotatable bonds is 2. The van der Waals surface area contributed by atoms with Gasteiger partial charge in [-0.2, -0.15) is 0 Å². The van der Waals surface area contributed by atoms with E-state index in [1.54, 1.807) is 6.92 Å². The summed E-state index contributed by atoms with van der Waals surface area (Å²) in [5, 5.41) is 4.35. The van der Waals surface area contributed by atoms with Gasteiger partial charge in [-0.05, 0) is 13.3 Å². The van der Waals surface area contributed by atoms with Crippen molar-refractivity contribution in [1.29, 1.82) is 0 Å². The molecule has 0 bridgehead atoms. The van der Waals surface area contributed by atoms with Crippen LogP contribution in [0.5, 0.6) is 0 Å². The van der Waals surface area contributed by atoms with Crippen molar-refractivity contribution < 1.29 is 13.2 Å². The third-order valence-corrected chi connectivity index (χ3v) is 3.62. The zero-order valence-electron chi connectivity index (χ0n) is 8.42. The first-order chi connectivity index (χ1) is 6.32. The first kappa shape index (κ1) is 14.6. The highest BCUT2D eigenvalue weighted by molar-refractivity contribution is 7.89. The number of halogens is 1. The molecule has 6 nitrogen and oxygen atoms in total. The SMILES string of the molecule is CC(N)C(=O)N1CCC(S(N)(=O)=O)C1.Cl. The van der Waals surface area contributed by atoms with E-state index in [0.29, 0.717) is 13.0 Å². The standard InChI is InChI=1S/C7H15N3O3S.ClH/c1-5(8)7(11)10-3-2-6(4-10)14(9,12)13;/h5-6H,2-4,8H2,1H3,(H2,9,12,13);1H. The topological polar surface area (TPSA) is 106 Å². The minimum Gasteiger partial charge on any atom is -0.340 e. The molecule has 0 aromatic heterocycles. The van der Waals surface area contributed by atoms with Crippen molar-refractivity contribution in [3.8, 4) is 0 Å². The lowest BCUT2D eigenvalue weighted by molar-refractivity contribution is -0.131. The molecule has 0 aromatic rings. The van der Waals surface area contributed by atoms with Gasteiger partial charge in [0, 0.05) is 13.1 Å². The van der Waals surface area contributed by atoms with E-state index in [1.807, 2.05) is 0 Å². The van der Waals surface area contributed by atoms with Gasteiger partial charge in [0.05, 0.1) is 11.3 Å². The van der Waals surface area contributed by atoms with Gasteiger partial charge in [-0.25, -0.2) is 13.6 Å². The van der Waals surface area contributed by atoms with Crippen molar-refractivity contribution in [2.24, 2.45) is 10.9 Å². The largest absolute Gasteiger partial charge is 0.340 e. The summed E-state index contributed by atoms with van der Waals surface area (Å²) in [6.45, 7) is 2.16. The molecule has 0 aliphatic carbocycles. The lowest BCUT2D eigenvalue weighted by atomic mass is 10.3. The second-order valence-corrected chi connectivity index (χ2v) is 5.42. The van der Waals surface area contributed by atoms with Crippen LogP contribution in [0.3, 0.4) is 0 Å². The van der Waals surface area contributed by atoms with Crippen molar-refractivity contribution in [3.05, 3.63) is 0 Å². The first-order valence-electron chi connectivity index (χ1n) is 4.38. The van der Waals surface area contributed by atoms with E-state index >= 15 is 0 Å². The molecule has 1 saturated heterocycles. The van der Waals surface area contributed by atoms with Crippen LogP contribution in [0.25, 0.3) is 0 Å². The number of nitrogens with two attached hydrogens (primary N) is 2. The fourth-order valence-electron chi connectivity index (χ4n) is 1.48. The van der Waals surface area contributed by atoms with Crippen LogP contribution in [-0.2, 0) is 14.8 Å². The average Bonchev–Trinajstić information content (AvgIpc) is 2.49. The number of carbonyl (C=O) groups excluding carboxylic acids is 1. The molecule has 0 spiro atoms. The Kier molecular flexibility index (Phi) is 4.98. The molecule has 0 saturated carbocycles. The number of carbonyl (C=O) groups is 1. The fourth-order valence-corrected chi connectivity index (χ4v) is 2.31. The van der Waals surface area contributed by atoms with Crippen LogP contribution in [0.2, 0.25) is 0 Å². The minimum atomic E-state index is -3.53. The van der Waals surface area contributed by atoms with Crippen LogP contribution < -0.4 is 10.9 Å². The minimum absolute atomic E-state index is 0. The molecule has 0 aromatic carbocycles. The maximum Gasteiger partial charge on any atom is 0.239 e. The molecular formula is C7H16ClN3O3S. The number of nitrogens with zero attached hydrogens (tertiary/aromatic N) is 1. The summed E-state index contributed by atoms with van der Waals surface area (Å²) in [6, 6.07) is -0.589. The molecule has 4 N–H and O–H groups in total. The van der Waals surface area contributed by atoms with Crippen LogP contribution in [0.15, 0.2) is 0 Å². The summed E-state index contributed by atoms with van der Waals surface area (Å²) < 4.78 is 22.0. The van der Waals surface area contributed by atoms with Gasteiger partial charge >= 0.3 is 0 Å². The summed E-state index contributed by atoms with van der Waals surface area (Å²) in [6.07, 6.45) is 0.400. The Labute approximate surface area is 95.4 Å². The van der Waals surface area contributed by atoms with Crippen LogP contribution >= 0.6 is 12.4 Å². The van der Waals surface area contributed by atoms with Gasteiger partial charge in [-0.3, -0.25) is 4.79 Å². The van der Waals surface area contributed by atoms with Gasteiger partial charge < -0.3 is 10.6 Å². The van der Waals surface area contributed by atoms with Gasteiger partial charge in [0.2, 0.25) is 15.9 Å². The van der Waals surface area contributed by atoms with Gasteiger partial charge in [0.25, 0.3) is 0 Å². The maximum absolute atomic E-state index is 11.4. The molecular weight excluding hydrogens is 242 g/mol. The molecule has 90 valence electrons. The van der Waals surface area contributed by atoms with Crippen molar-refractivity contribution >= 4 is 28.3 Å². The zero-order chi connectivity index (χ0) is 10.9. The Bertz CT molecular complexity index is 330. The van der Waals surface area contributed by atoms with Gasteiger partial charge in [0.1, 0.15) is 0 Å². The highest BCUT2D eigenvalue weighted by atomic mass is 35.5. The monoisotopic (exact) mass is 257 g/mol. The van der Waals surface area contributed by atoms with E-state index in [9.17, 15) is 13.2 Å².